The molecule has 5 nitrogen and oxygen atoms in total. The van der Waals surface area contributed by atoms with E-state index in [4.69, 9.17) is 4.74 Å². The van der Waals surface area contributed by atoms with Crippen LogP contribution in [0.15, 0.2) is 45.6 Å². The van der Waals surface area contributed by atoms with E-state index in [-0.39, 0.29) is 5.69 Å². The van der Waals surface area contributed by atoms with E-state index in [9.17, 15) is 10.1 Å². The fraction of sp³-hybridized carbons (Fsp3) is 0. The monoisotopic (exact) mass is 372 g/mol. The van der Waals surface area contributed by atoms with Gasteiger partial charge in [-0.25, -0.2) is 0 Å². The minimum atomic E-state index is -0.474. The molecule has 1 aromatic carbocycles. The third-order valence-corrected chi connectivity index (χ3v) is 3.49. The van der Waals surface area contributed by atoms with Gasteiger partial charge in [0.25, 0.3) is 5.69 Å². The van der Waals surface area contributed by atoms with Crippen molar-refractivity contribution in [1.29, 1.82) is 0 Å². The molecule has 0 spiro atoms. The van der Waals surface area contributed by atoms with E-state index in [0.29, 0.717) is 20.4 Å². The zero-order chi connectivity index (χ0) is 13.1. The number of rotatable bonds is 3. The van der Waals surface area contributed by atoms with Gasteiger partial charge in [-0.2, -0.15) is 0 Å². The lowest BCUT2D eigenvalue weighted by molar-refractivity contribution is -0.385. The summed E-state index contributed by atoms with van der Waals surface area (Å²) in [6, 6.07) is 6.27. The lowest BCUT2D eigenvalue weighted by Gasteiger charge is -2.08. The molecule has 0 amide bonds. The molecule has 2 aromatic rings. The number of nitro groups is 1. The molecule has 0 saturated heterocycles. The van der Waals surface area contributed by atoms with Crippen molar-refractivity contribution < 1.29 is 9.66 Å². The SMILES string of the molecule is O=[N+]([O-])c1cccc(Oc2ccncc2Br)c1Br. The Morgan fingerprint density at radius 2 is 2.00 bits per heavy atom. The van der Waals surface area contributed by atoms with Crippen LogP contribution in [0.25, 0.3) is 0 Å². The number of benzene rings is 1. The predicted molar refractivity (Wildman–Crippen MR) is 72.8 cm³/mol. The molecule has 92 valence electrons. The number of ether oxygens (including phenoxy) is 1. The van der Waals surface area contributed by atoms with Gasteiger partial charge in [0.05, 0.1) is 9.40 Å². The molecule has 7 heteroatoms. The van der Waals surface area contributed by atoms with Crippen LogP contribution in [0.4, 0.5) is 5.69 Å². The van der Waals surface area contributed by atoms with E-state index in [1.54, 1.807) is 30.6 Å². The number of pyridine rings is 1. The Kier molecular flexibility index (Phi) is 3.93. The number of nitrogens with zero attached hydrogens (tertiary/aromatic N) is 2. The van der Waals surface area contributed by atoms with Crippen LogP contribution in [-0.2, 0) is 0 Å². The van der Waals surface area contributed by atoms with Crippen LogP contribution in [0, 0.1) is 10.1 Å². The smallest absolute Gasteiger partial charge is 0.287 e. The number of halogens is 2. The lowest BCUT2D eigenvalue weighted by Crippen LogP contribution is -1.92. The molecule has 0 aliphatic rings. The van der Waals surface area contributed by atoms with Gasteiger partial charge in [-0.05, 0) is 37.9 Å². The lowest BCUT2D eigenvalue weighted by atomic mass is 10.3. The highest BCUT2D eigenvalue weighted by Crippen LogP contribution is 2.37. The maximum absolute atomic E-state index is 10.8. The second-order valence-corrected chi connectivity index (χ2v) is 4.90. The number of nitro benzene ring substituents is 1. The first-order valence-corrected chi connectivity index (χ1v) is 6.38. The average Bonchev–Trinajstić information content (AvgIpc) is 2.34. The van der Waals surface area contributed by atoms with E-state index in [0.717, 1.165) is 0 Å². The summed E-state index contributed by atoms with van der Waals surface area (Å²) < 4.78 is 6.57. The summed E-state index contributed by atoms with van der Waals surface area (Å²) in [5, 5.41) is 10.8. The second-order valence-electron chi connectivity index (χ2n) is 3.25. The fourth-order valence-electron chi connectivity index (χ4n) is 1.28. The summed E-state index contributed by atoms with van der Waals surface area (Å²) >= 11 is 6.46. The zero-order valence-electron chi connectivity index (χ0n) is 8.84. The maximum Gasteiger partial charge on any atom is 0.287 e. The van der Waals surface area contributed by atoms with Gasteiger partial charge in [0.1, 0.15) is 16.0 Å². The van der Waals surface area contributed by atoms with Crippen molar-refractivity contribution in [3.8, 4) is 11.5 Å². The molecule has 0 radical (unpaired) electrons. The molecule has 0 aliphatic heterocycles. The first kappa shape index (κ1) is 13.0. The van der Waals surface area contributed by atoms with Crippen LogP contribution < -0.4 is 4.74 Å². The Balaban J connectivity index is 2.39. The molecule has 2 rings (SSSR count). The van der Waals surface area contributed by atoms with E-state index in [1.807, 2.05) is 0 Å². The molecule has 1 heterocycles. The Morgan fingerprint density at radius 3 is 2.67 bits per heavy atom. The molecule has 0 unspecified atom stereocenters. The largest absolute Gasteiger partial charge is 0.455 e. The molecule has 18 heavy (non-hydrogen) atoms. The van der Waals surface area contributed by atoms with Crippen LogP contribution in [-0.4, -0.2) is 9.91 Å². The van der Waals surface area contributed by atoms with Gasteiger partial charge in [-0.1, -0.05) is 6.07 Å². The zero-order valence-corrected chi connectivity index (χ0v) is 12.0. The van der Waals surface area contributed by atoms with Crippen molar-refractivity contribution in [2.24, 2.45) is 0 Å². The molecule has 0 aliphatic carbocycles. The van der Waals surface area contributed by atoms with Gasteiger partial charge >= 0.3 is 0 Å². The van der Waals surface area contributed by atoms with Crippen molar-refractivity contribution in [2.45, 2.75) is 0 Å². The van der Waals surface area contributed by atoms with Gasteiger partial charge in [0, 0.05) is 24.5 Å². The molecule has 0 bridgehead atoms. The number of hydrogen-bond donors (Lipinski definition) is 0. The molecule has 0 saturated carbocycles. The van der Waals surface area contributed by atoms with Gasteiger partial charge in [0.2, 0.25) is 0 Å². The van der Waals surface area contributed by atoms with Crippen LogP contribution in [0.1, 0.15) is 0 Å². The summed E-state index contributed by atoms with van der Waals surface area (Å²) in [5.74, 6) is 0.905. The number of aromatic nitrogens is 1. The minimum Gasteiger partial charge on any atom is -0.455 e. The summed E-state index contributed by atoms with van der Waals surface area (Å²) in [5.41, 5.74) is -0.0438. The van der Waals surface area contributed by atoms with Gasteiger partial charge in [-0.15, -0.1) is 0 Å². The summed E-state index contributed by atoms with van der Waals surface area (Å²) in [6.07, 6.45) is 3.16. The Hall–Kier alpha value is -1.47. The van der Waals surface area contributed by atoms with Crippen LogP contribution in [0.2, 0.25) is 0 Å². The van der Waals surface area contributed by atoms with E-state index in [2.05, 4.69) is 36.8 Å². The van der Waals surface area contributed by atoms with Crippen molar-refractivity contribution in [2.75, 3.05) is 0 Å². The molecule has 0 N–H and O–H groups in total. The van der Waals surface area contributed by atoms with Crippen molar-refractivity contribution >= 4 is 37.5 Å². The van der Waals surface area contributed by atoms with Crippen LogP contribution in [0.3, 0.4) is 0 Å². The molecule has 0 fully saturated rings. The normalized spacial score (nSPS) is 10.1. The summed E-state index contributed by atoms with van der Waals surface area (Å²) in [6.45, 7) is 0. The first-order chi connectivity index (χ1) is 8.59. The van der Waals surface area contributed by atoms with Crippen molar-refractivity contribution in [3.05, 3.63) is 55.7 Å². The Labute approximate surface area is 119 Å². The van der Waals surface area contributed by atoms with E-state index < -0.39 is 4.92 Å². The summed E-state index contributed by atoms with van der Waals surface area (Å²) in [4.78, 5) is 14.2. The van der Waals surface area contributed by atoms with Gasteiger partial charge in [-0.3, -0.25) is 15.1 Å². The Morgan fingerprint density at radius 1 is 1.22 bits per heavy atom. The van der Waals surface area contributed by atoms with E-state index in [1.165, 1.54) is 6.07 Å². The topological polar surface area (TPSA) is 65.3 Å². The van der Waals surface area contributed by atoms with Gasteiger partial charge in [0.15, 0.2) is 0 Å². The first-order valence-electron chi connectivity index (χ1n) is 4.80. The standard InChI is InChI=1S/C11H6Br2N2O3/c12-7-6-14-5-4-9(7)18-10-3-1-2-8(11(10)13)15(16)17/h1-6H. The third kappa shape index (κ3) is 2.68. The Bertz CT molecular complexity index is 605. The summed E-state index contributed by atoms with van der Waals surface area (Å²) in [7, 11) is 0. The third-order valence-electron chi connectivity index (χ3n) is 2.09. The molecular formula is C11H6Br2N2O3. The van der Waals surface area contributed by atoms with Crippen molar-refractivity contribution in [1.82, 2.24) is 4.98 Å². The number of hydrogen-bond acceptors (Lipinski definition) is 4. The average molecular weight is 374 g/mol. The van der Waals surface area contributed by atoms with E-state index >= 15 is 0 Å². The maximum atomic E-state index is 10.8. The van der Waals surface area contributed by atoms with Crippen molar-refractivity contribution in [3.63, 3.8) is 0 Å². The van der Waals surface area contributed by atoms with Crippen LogP contribution >= 0.6 is 31.9 Å². The molecule has 0 atom stereocenters. The quantitative estimate of drug-likeness (QED) is 0.594. The highest BCUT2D eigenvalue weighted by atomic mass is 79.9. The highest BCUT2D eigenvalue weighted by Gasteiger charge is 2.16. The highest BCUT2D eigenvalue weighted by molar-refractivity contribution is 9.11. The van der Waals surface area contributed by atoms with Gasteiger partial charge < -0.3 is 4.74 Å². The minimum absolute atomic E-state index is 0.0438. The second kappa shape index (κ2) is 5.45. The molecular weight excluding hydrogens is 368 g/mol. The predicted octanol–water partition coefficient (Wildman–Crippen LogP) is 4.31. The fourth-order valence-corrected chi connectivity index (χ4v) is 2.10. The van der Waals surface area contributed by atoms with Crippen LogP contribution in [0.5, 0.6) is 11.5 Å². The molecule has 1 aromatic heterocycles.